The average molecular weight is 497 g/mol. The predicted octanol–water partition coefficient (Wildman–Crippen LogP) is 4.33. The summed E-state index contributed by atoms with van der Waals surface area (Å²) in [6, 6.07) is 20.0. The SMILES string of the molecule is O=C(c1ccc(Cl)cc1)[C@H]1C2(C(=O)c3ccccc3C2=O)N2CCC[C@@H]2[C@@]12C(=O)Nc1ccccc12. The van der Waals surface area contributed by atoms with Gasteiger partial charge in [-0.15, -0.1) is 0 Å². The van der Waals surface area contributed by atoms with E-state index in [1.807, 2.05) is 29.2 Å². The molecule has 3 heterocycles. The molecule has 36 heavy (non-hydrogen) atoms. The highest BCUT2D eigenvalue weighted by Crippen LogP contribution is 2.63. The summed E-state index contributed by atoms with van der Waals surface area (Å²) in [5, 5.41) is 3.45. The molecule has 1 aliphatic carbocycles. The van der Waals surface area contributed by atoms with Crippen molar-refractivity contribution in [2.24, 2.45) is 5.92 Å². The molecule has 7 heteroatoms. The van der Waals surface area contributed by atoms with Gasteiger partial charge in [-0.25, -0.2) is 0 Å². The van der Waals surface area contributed by atoms with Crippen molar-refractivity contribution in [3.8, 4) is 0 Å². The second kappa shape index (κ2) is 7.21. The van der Waals surface area contributed by atoms with Gasteiger partial charge in [0, 0.05) is 33.4 Å². The number of ketones is 3. The van der Waals surface area contributed by atoms with Crippen LogP contribution >= 0.6 is 11.6 Å². The van der Waals surface area contributed by atoms with Crippen LogP contribution in [-0.4, -0.2) is 46.3 Å². The van der Waals surface area contributed by atoms with E-state index >= 15 is 0 Å². The number of hydrogen-bond donors (Lipinski definition) is 1. The van der Waals surface area contributed by atoms with Gasteiger partial charge in [-0.3, -0.25) is 24.1 Å². The number of anilines is 1. The second-order valence-electron chi connectivity index (χ2n) is 9.99. The molecule has 7 rings (SSSR count). The van der Waals surface area contributed by atoms with Crippen LogP contribution in [0.5, 0.6) is 0 Å². The summed E-state index contributed by atoms with van der Waals surface area (Å²) >= 11 is 6.10. The van der Waals surface area contributed by atoms with Gasteiger partial charge in [0.25, 0.3) is 0 Å². The van der Waals surface area contributed by atoms with Gasteiger partial charge >= 0.3 is 0 Å². The van der Waals surface area contributed by atoms with Gasteiger partial charge in [0.15, 0.2) is 22.9 Å². The molecule has 6 nitrogen and oxygen atoms in total. The number of carbonyl (C=O) groups excluding carboxylic acids is 4. The standard InChI is InChI=1S/C29H21ClN2O4/c30-17-13-11-16(12-14-17)23(33)24-28(20-8-3-4-9-21(20)31-27(28)36)22-10-5-15-32(22)29(24)25(34)18-6-1-2-7-19(18)26(29)35/h1-4,6-9,11-14,22,24H,5,10,15H2,(H,31,36)/t22-,24-,28-/m1/s1. The van der Waals surface area contributed by atoms with Crippen molar-refractivity contribution >= 4 is 40.5 Å². The lowest BCUT2D eigenvalue weighted by Gasteiger charge is -2.37. The highest BCUT2D eigenvalue weighted by Gasteiger charge is 2.80. The normalized spacial score (nSPS) is 27.4. The minimum Gasteiger partial charge on any atom is -0.325 e. The molecule has 1 N–H and O–H groups in total. The molecule has 3 aromatic carbocycles. The van der Waals surface area contributed by atoms with Crippen LogP contribution in [0, 0.1) is 5.92 Å². The van der Waals surface area contributed by atoms with Gasteiger partial charge in [0.1, 0.15) is 5.41 Å². The number of hydrogen-bond acceptors (Lipinski definition) is 5. The van der Waals surface area contributed by atoms with E-state index in [-0.39, 0.29) is 5.91 Å². The van der Waals surface area contributed by atoms with Gasteiger partial charge < -0.3 is 5.32 Å². The van der Waals surface area contributed by atoms with E-state index in [9.17, 15) is 19.2 Å². The fraction of sp³-hybridized carbons (Fsp3) is 0.241. The third-order valence-corrected chi connectivity index (χ3v) is 8.85. The largest absolute Gasteiger partial charge is 0.325 e. The lowest BCUT2D eigenvalue weighted by molar-refractivity contribution is -0.122. The third kappa shape index (κ3) is 2.32. The molecule has 0 saturated carbocycles. The molecule has 0 aromatic heterocycles. The Bertz CT molecular complexity index is 1480. The molecule has 2 saturated heterocycles. The monoisotopic (exact) mass is 496 g/mol. The zero-order chi connectivity index (χ0) is 24.8. The van der Waals surface area contributed by atoms with E-state index in [1.165, 1.54) is 0 Å². The van der Waals surface area contributed by atoms with Crippen molar-refractivity contribution in [2.45, 2.75) is 29.8 Å². The topological polar surface area (TPSA) is 83.6 Å². The quantitative estimate of drug-likeness (QED) is 0.422. The van der Waals surface area contributed by atoms with Crippen molar-refractivity contribution in [2.75, 3.05) is 11.9 Å². The maximum atomic E-state index is 14.6. The van der Waals surface area contributed by atoms with Gasteiger partial charge in [-0.2, -0.15) is 0 Å². The van der Waals surface area contributed by atoms with Crippen molar-refractivity contribution < 1.29 is 19.2 Å². The highest BCUT2D eigenvalue weighted by atomic mass is 35.5. The van der Waals surface area contributed by atoms with E-state index in [1.54, 1.807) is 48.5 Å². The number of halogens is 1. The molecule has 3 aliphatic heterocycles. The Morgan fingerprint density at radius 2 is 1.53 bits per heavy atom. The van der Waals surface area contributed by atoms with Crippen LogP contribution in [0.2, 0.25) is 5.02 Å². The number of rotatable bonds is 2. The van der Waals surface area contributed by atoms with Crippen LogP contribution in [0.3, 0.4) is 0 Å². The van der Waals surface area contributed by atoms with Crippen LogP contribution in [0.1, 0.15) is 49.5 Å². The lowest BCUT2D eigenvalue weighted by Crippen LogP contribution is -2.60. The number of para-hydroxylation sites is 1. The Kier molecular flexibility index (Phi) is 4.34. The molecule has 3 aromatic rings. The smallest absolute Gasteiger partial charge is 0.237 e. The third-order valence-electron chi connectivity index (χ3n) is 8.60. The zero-order valence-electron chi connectivity index (χ0n) is 19.2. The Hall–Kier alpha value is -3.61. The summed E-state index contributed by atoms with van der Waals surface area (Å²) in [7, 11) is 0. The first-order valence-electron chi connectivity index (χ1n) is 12.1. The van der Waals surface area contributed by atoms with Crippen molar-refractivity contribution in [1.29, 1.82) is 0 Å². The van der Waals surface area contributed by atoms with Crippen LogP contribution < -0.4 is 5.32 Å². The van der Waals surface area contributed by atoms with E-state index in [4.69, 9.17) is 11.6 Å². The predicted molar refractivity (Wildman–Crippen MR) is 134 cm³/mol. The number of carbonyl (C=O) groups is 4. The summed E-state index contributed by atoms with van der Waals surface area (Å²) in [6.07, 6.45) is 1.33. The van der Waals surface area contributed by atoms with E-state index in [0.29, 0.717) is 45.9 Å². The molecule has 4 aliphatic rings. The van der Waals surface area contributed by atoms with E-state index in [0.717, 1.165) is 6.42 Å². The molecule has 2 spiro atoms. The number of nitrogens with zero attached hydrogens (tertiary/aromatic N) is 1. The average Bonchev–Trinajstić information content (AvgIpc) is 3.60. The van der Waals surface area contributed by atoms with Gasteiger partial charge in [0.2, 0.25) is 5.91 Å². The Balaban J connectivity index is 1.57. The molecule has 178 valence electrons. The van der Waals surface area contributed by atoms with Crippen molar-refractivity contribution in [1.82, 2.24) is 4.90 Å². The number of nitrogens with one attached hydrogen (secondary N) is 1. The number of Topliss-reactive ketones (excluding diaryl/α,β-unsaturated/α-hetero) is 3. The Morgan fingerprint density at radius 1 is 0.889 bits per heavy atom. The zero-order valence-corrected chi connectivity index (χ0v) is 19.9. The molecule has 0 radical (unpaired) electrons. The minimum atomic E-state index is -1.78. The van der Waals surface area contributed by atoms with Crippen LogP contribution in [0.25, 0.3) is 0 Å². The van der Waals surface area contributed by atoms with Crippen molar-refractivity contribution in [3.05, 3.63) is 100 Å². The number of benzene rings is 3. The van der Waals surface area contributed by atoms with Crippen LogP contribution in [0.4, 0.5) is 5.69 Å². The molecular formula is C29H21ClN2O4. The molecule has 1 amide bonds. The second-order valence-corrected chi connectivity index (χ2v) is 10.4. The maximum Gasteiger partial charge on any atom is 0.237 e. The first-order valence-corrected chi connectivity index (χ1v) is 12.5. The molecular weight excluding hydrogens is 476 g/mol. The number of fused-ring (bicyclic) bond motifs is 6. The summed E-state index contributed by atoms with van der Waals surface area (Å²) in [4.78, 5) is 59.3. The first-order chi connectivity index (χ1) is 17.4. The molecule has 0 bridgehead atoms. The van der Waals surface area contributed by atoms with Crippen molar-refractivity contribution in [3.63, 3.8) is 0 Å². The maximum absolute atomic E-state index is 14.6. The highest BCUT2D eigenvalue weighted by molar-refractivity contribution is 6.36. The first kappa shape index (κ1) is 21.7. The van der Waals surface area contributed by atoms with Gasteiger partial charge in [-0.1, -0.05) is 54.1 Å². The molecule has 0 unspecified atom stereocenters. The fourth-order valence-corrected chi connectivity index (χ4v) is 7.49. The summed E-state index contributed by atoms with van der Waals surface area (Å²) in [5.74, 6) is -2.75. The number of amides is 1. The summed E-state index contributed by atoms with van der Waals surface area (Å²) < 4.78 is 0. The fourth-order valence-electron chi connectivity index (χ4n) is 7.36. The molecule has 2 fully saturated rings. The van der Waals surface area contributed by atoms with E-state index in [2.05, 4.69) is 5.32 Å². The van der Waals surface area contributed by atoms with Crippen LogP contribution in [0.15, 0.2) is 72.8 Å². The van der Waals surface area contributed by atoms with Crippen LogP contribution in [-0.2, 0) is 10.2 Å². The van der Waals surface area contributed by atoms with Gasteiger partial charge in [0.05, 0.1) is 5.92 Å². The minimum absolute atomic E-state index is 0.311. The summed E-state index contributed by atoms with van der Waals surface area (Å²) in [5.41, 5.74) is -0.925. The van der Waals surface area contributed by atoms with Gasteiger partial charge in [-0.05, 0) is 55.3 Å². The summed E-state index contributed by atoms with van der Waals surface area (Å²) in [6.45, 7) is 0.456. The lowest BCUT2D eigenvalue weighted by atomic mass is 9.60. The van der Waals surface area contributed by atoms with E-state index < -0.39 is 40.3 Å². The Morgan fingerprint density at radius 3 is 2.22 bits per heavy atom. The Labute approximate surface area is 212 Å². The molecule has 3 atom stereocenters.